The van der Waals surface area contributed by atoms with E-state index in [-0.39, 0.29) is 23.8 Å². The highest BCUT2D eigenvalue weighted by Crippen LogP contribution is 2.52. The third-order valence-corrected chi connectivity index (χ3v) is 5.38. The van der Waals surface area contributed by atoms with Crippen LogP contribution in [0.4, 0.5) is 11.5 Å². The molecule has 6 heteroatoms. The lowest BCUT2D eigenvalue weighted by Crippen LogP contribution is -2.47. The van der Waals surface area contributed by atoms with Crippen LogP contribution in [0.1, 0.15) is 50.8 Å². The second-order valence-corrected chi connectivity index (χ2v) is 8.19. The Labute approximate surface area is 153 Å². The first-order chi connectivity index (χ1) is 12.2. The van der Waals surface area contributed by atoms with E-state index in [0.29, 0.717) is 12.4 Å². The molecule has 2 amide bonds. The number of likely N-dealkylation sites (N-methyl/N-ethyl adjacent to an activating group) is 1. The summed E-state index contributed by atoms with van der Waals surface area (Å²) in [6.07, 6.45) is 1.87. The zero-order chi connectivity index (χ0) is 18.9. The maximum Gasteiger partial charge on any atom is 0.242 e. The molecule has 6 nitrogen and oxygen atoms in total. The lowest BCUT2D eigenvalue weighted by molar-refractivity contribution is -0.126. The molecule has 1 atom stereocenters. The molecule has 2 aliphatic heterocycles. The van der Waals surface area contributed by atoms with Crippen LogP contribution in [0.2, 0.25) is 0 Å². The van der Waals surface area contributed by atoms with Crippen LogP contribution in [0, 0.1) is 6.92 Å². The Morgan fingerprint density at radius 3 is 2.62 bits per heavy atom. The highest BCUT2D eigenvalue weighted by Gasteiger charge is 2.57. The lowest BCUT2D eigenvalue weighted by Gasteiger charge is -2.34. The average molecular weight is 352 g/mol. The zero-order valence-electron chi connectivity index (χ0n) is 15.9. The van der Waals surface area contributed by atoms with Gasteiger partial charge in [-0.3, -0.25) is 9.59 Å². The van der Waals surface area contributed by atoms with E-state index in [4.69, 9.17) is 0 Å². The zero-order valence-corrected chi connectivity index (χ0v) is 15.9. The fourth-order valence-corrected chi connectivity index (χ4v) is 4.23. The van der Waals surface area contributed by atoms with Crippen LogP contribution < -0.4 is 10.2 Å². The number of carbonyl (C=O) groups excluding carboxylic acids is 2. The lowest BCUT2D eigenvalue weighted by atomic mass is 9.71. The van der Waals surface area contributed by atoms with Gasteiger partial charge >= 0.3 is 0 Å². The quantitative estimate of drug-likeness (QED) is 0.858. The van der Waals surface area contributed by atoms with Gasteiger partial charge in [0.15, 0.2) is 0 Å². The van der Waals surface area contributed by atoms with Crippen molar-refractivity contribution in [1.82, 2.24) is 9.78 Å². The summed E-state index contributed by atoms with van der Waals surface area (Å²) < 4.78 is 1.80. The fraction of sp³-hybridized carbons (Fsp3) is 0.450. The Hall–Kier alpha value is -2.63. The maximum atomic E-state index is 13.6. The number of carbonyl (C=O) groups is 2. The second-order valence-electron chi connectivity index (χ2n) is 8.19. The van der Waals surface area contributed by atoms with Gasteiger partial charge in [-0.25, -0.2) is 4.68 Å². The van der Waals surface area contributed by atoms with E-state index in [1.54, 1.807) is 15.8 Å². The van der Waals surface area contributed by atoms with Crippen molar-refractivity contribution in [3.05, 3.63) is 41.1 Å². The van der Waals surface area contributed by atoms with Gasteiger partial charge in [0.25, 0.3) is 0 Å². The maximum absolute atomic E-state index is 13.6. The molecule has 1 aromatic heterocycles. The van der Waals surface area contributed by atoms with Gasteiger partial charge in [-0.05, 0) is 46.2 Å². The number of fused-ring (bicyclic) bond motifs is 4. The molecule has 0 unspecified atom stereocenters. The van der Waals surface area contributed by atoms with Crippen LogP contribution in [-0.4, -0.2) is 28.1 Å². The van der Waals surface area contributed by atoms with Crippen LogP contribution in [0.3, 0.4) is 0 Å². The molecule has 0 bridgehead atoms. The number of benzene rings is 1. The predicted octanol–water partition coefficient (Wildman–Crippen LogP) is 2.94. The Balaban J connectivity index is 2.05. The predicted molar refractivity (Wildman–Crippen MR) is 100 cm³/mol. The summed E-state index contributed by atoms with van der Waals surface area (Å²) in [6.45, 7) is 10.6. The van der Waals surface area contributed by atoms with Gasteiger partial charge < -0.3 is 10.2 Å². The van der Waals surface area contributed by atoms with E-state index in [1.807, 2.05) is 52.8 Å². The Morgan fingerprint density at radius 2 is 1.96 bits per heavy atom. The van der Waals surface area contributed by atoms with Gasteiger partial charge in [-0.2, -0.15) is 5.10 Å². The molecule has 1 spiro atoms. The van der Waals surface area contributed by atoms with Crippen LogP contribution in [-0.2, 0) is 20.5 Å². The molecule has 2 aromatic rings. The molecular formula is C20H24N4O2. The number of hydrogen-bond acceptors (Lipinski definition) is 3. The topological polar surface area (TPSA) is 67.2 Å². The van der Waals surface area contributed by atoms with Crippen molar-refractivity contribution in [2.24, 2.45) is 0 Å². The van der Waals surface area contributed by atoms with Gasteiger partial charge in [0.1, 0.15) is 11.2 Å². The summed E-state index contributed by atoms with van der Waals surface area (Å²) in [4.78, 5) is 28.0. The molecule has 1 aromatic carbocycles. The van der Waals surface area contributed by atoms with E-state index in [1.165, 1.54) is 0 Å². The number of amides is 2. The SMILES string of the molecule is CCN1C(=O)[C@]2(CC(=O)Nc3c2cnn3C(C)(C)C)c2cc(C)ccc21. The minimum atomic E-state index is -0.988. The standard InChI is InChI=1S/C20H24N4O2/c1-6-23-15-8-7-12(2)9-13(15)20(18(23)26)10-16(25)22-17-14(20)11-21-24(17)19(3,4)5/h7-9,11H,6,10H2,1-5H3,(H,22,25)/t20-/m1/s1. The van der Waals surface area contributed by atoms with Crippen LogP contribution in [0.15, 0.2) is 24.4 Å². The molecule has 3 heterocycles. The summed E-state index contributed by atoms with van der Waals surface area (Å²) >= 11 is 0. The van der Waals surface area contributed by atoms with Gasteiger partial charge in [0.2, 0.25) is 11.8 Å². The molecule has 0 fully saturated rings. The van der Waals surface area contributed by atoms with Crippen molar-refractivity contribution in [1.29, 1.82) is 0 Å². The summed E-state index contributed by atoms with van der Waals surface area (Å²) in [5.74, 6) is 0.444. The first-order valence-electron chi connectivity index (χ1n) is 9.02. The second kappa shape index (κ2) is 5.19. The first kappa shape index (κ1) is 16.8. The first-order valence-corrected chi connectivity index (χ1v) is 9.02. The number of hydrogen-bond donors (Lipinski definition) is 1. The minimum absolute atomic E-state index is 0.0369. The Bertz CT molecular complexity index is 938. The molecule has 2 aliphatic rings. The smallest absolute Gasteiger partial charge is 0.242 e. The van der Waals surface area contributed by atoms with Gasteiger partial charge in [-0.15, -0.1) is 0 Å². The monoisotopic (exact) mass is 352 g/mol. The Kier molecular flexibility index (Phi) is 3.36. The van der Waals surface area contributed by atoms with Crippen molar-refractivity contribution in [2.45, 2.75) is 52.0 Å². The minimum Gasteiger partial charge on any atom is -0.311 e. The molecule has 0 saturated carbocycles. The molecule has 4 rings (SSSR count). The van der Waals surface area contributed by atoms with Crippen LogP contribution >= 0.6 is 0 Å². The van der Waals surface area contributed by atoms with Gasteiger partial charge in [-0.1, -0.05) is 17.7 Å². The molecule has 0 radical (unpaired) electrons. The number of nitrogens with zero attached hydrogens (tertiary/aromatic N) is 3. The van der Waals surface area contributed by atoms with Gasteiger partial charge in [0, 0.05) is 24.2 Å². The molecule has 1 N–H and O–H groups in total. The third kappa shape index (κ3) is 2.01. The summed E-state index contributed by atoms with van der Waals surface area (Å²) in [7, 11) is 0. The van der Waals surface area contributed by atoms with Crippen LogP contribution in [0.25, 0.3) is 0 Å². The molecule has 0 aliphatic carbocycles. The number of nitrogens with one attached hydrogen (secondary N) is 1. The van der Waals surface area contributed by atoms with E-state index in [2.05, 4.69) is 10.4 Å². The van der Waals surface area contributed by atoms with E-state index >= 15 is 0 Å². The van der Waals surface area contributed by atoms with Crippen molar-refractivity contribution in [3.63, 3.8) is 0 Å². The normalized spacial score (nSPS) is 21.8. The molecule has 0 saturated heterocycles. The summed E-state index contributed by atoms with van der Waals surface area (Å²) in [5.41, 5.74) is 2.38. The number of aromatic nitrogens is 2. The van der Waals surface area contributed by atoms with Crippen molar-refractivity contribution in [2.75, 3.05) is 16.8 Å². The van der Waals surface area contributed by atoms with Crippen LogP contribution in [0.5, 0.6) is 0 Å². The van der Waals surface area contributed by atoms with Crippen molar-refractivity contribution >= 4 is 23.3 Å². The number of anilines is 2. The highest BCUT2D eigenvalue weighted by molar-refractivity contribution is 6.15. The molecular weight excluding hydrogens is 328 g/mol. The van der Waals surface area contributed by atoms with Crippen molar-refractivity contribution < 1.29 is 9.59 Å². The molecule has 136 valence electrons. The summed E-state index contributed by atoms with van der Waals surface area (Å²) in [5, 5.41) is 7.49. The van der Waals surface area contributed by atoms with E-state index < -0.39 is 5.41 Å². The fourth-order valence-electron chi connectivity index (χ4n) is 4.23. The third-order valence-electron chi connectivity index (χ3n) is 5.38. The van der Waals surface area contributed by atoms with Crippen molar-refractivity contribution in [3.8, 4) is 0 Å². The summed E-state index contributed by atoms with van der Waals surface area (Å²) in [6, 6.07) is 6.04. The largest absolute Gasteiger partial charge is 0.311 e. The average Bonchev–Trinajstić information content (AvgIpc) is 3.07. The highest BCUT2D eigenvalue weighted by atomic mass is 16.2. The van der Waals surface area contributed by atoms with E-state index in [9.17, 15) is 9.59 Å². The number of rotatable bonds is 1. The molecule has 26 heavy (non-hydrogen) atoms. The van der Waals surface area contributed by atoms with Gasteiger partial charge in [0.05, 0.1) is 11.7 Å². The Morgan fingerprint density at radius 1 is 1.23 bits per heavy atom. The van der Waals surface area contributed by atoms with E-state index in [0.717, 1.165) is 22.4 Å². The number of aryl methyl sites for hydroxylation is 1.